The Bertz CT molecular complexity index is 1350. The van der Waals surface area contributed by atoms with Crippen LogP contribution in [0.3, 0.4) is 0 Å². The number of anilines is 3. The van der Waals surface area contributed by atoms with Crippen LogP contribution in [0.15, 0.2) is 48.7 Å². The third kappa shape index (κ3) is 5.50. The molecule has 11 heteroatoms. The van der Waals surface area contributed by atoms with Crippen molar-refractivity contribution in [3.8, 4) is 11.3 Å². The number of amides is 2. The predicted octanol–water partition coefficient (Wildman–Crippen LogP) is 5.28. The first-order valence-electron chi connectivity index (χ1n) is 11.5. The second-order valence-electron chi connectivity index (χ2n) is 9.56. The van der Waals surface area contributed by atoms with Crippen LogP contribution in [0.25, 0.3) is 11.3 Å². The molecule has 1 aliphatic heterocycles. The van der Waals surface area contributed by atoms with Gasteiger partial charge in [-0.25, -0.2) is 4.98 Å². The lowest BCUT2D eigenvalue weighted by Crippen LogP contribution is -2.43. The number of Topliss-reactive ketones (excluding diaryl/α,β-unsaturated/α-hetero) is 1. The van der Waals surface area contributed by atoms with Crippen molar-refractivity contribution < 1.29 is 27.6 Å². The first-order chi connectivity index (χ1) is 17.4. The van der Waals surface area contributed by atoms with E-state index in [4.69, 9.17) is 0 Å². The van der Waals surface area contributed by atoms with Gasteiger partial charge in [-0.1, -0.05) is 32.0 Å². The molecule has 3 aromatic rings. The van der Waals surface area contributed by atoms with E-state index in [2.05, 4.69) is 20.6 Å². The molecule has 0 saturated heterocycles. The maximum Gasteiger partial charge on any atom is 0.394 e. The van der Waals surface area contributed by atoms with Crippen LogP contribution in [0.5, 0.6) is 0 Å². The highest BCUT2D eigenvalue weighted by Crippen LogP contribution is 2.42. The molecule has 194 valence electrons. The molecule has 4 rings (SSSR count). The van der Waals surface area contributed by atoms with E-state index in [1.165, 1.54) is 13.1 Å². The van der Waals surface area contributed by atoms with Crippen LogP contribution in [-0.2, 0) is 16.1 Å². The SMILES string of the molecule is CC(=O)Nc1cc(-c2[nH]c3c(c2Nc2ccccc2)C(=O)CN(C(=O)CC(C)(C)C(F)(F)F)C3)ccn1. The number of halogens is 3. The molecule has 8 nitrogen and oxygen atoms in total. The van der Waals surface area contributed by atoms with Gasteiger partial charge < -0.3 is 20.5 Å². The molecule has 3 heterocycles. The highest BCUT2D eigenvalue weighted by molar-refractivity contribution is 6.09. The number of benzene rings is 1. The van der Waals surface area contributed by atoms with Gasteiger partial charge in [-0.15, -0.1) is 0 Å². The monoisotopic (exact) mass is 513 g/mol. The first kappa shape index (κ1) is 25.9. The number of para-hydroxylation sites is 1. The number of rotatable bonds is 6. The van der Waals surface area contributed by atoms with E-state index < -0.39 is 29.7 Å². The van der Waals surface area contributed by atoms with E-state index in [1.54, 1.807) is 12.1 Å². The van der Waals surface area contributed by atoms with E-state index in [-0.39, 0.29) is 19.0 Å². The van der Waals surface area contributed by atoms with E-state index >= 15 is 0 Å². The summed E-state index contributed by atoms with van der Waals surface area (Å²) in [5.74, 6) is -1.16. The molecule has 1 aliphatic rings. The molecule has 0 saturated carbocycles. The zero-order chi connectivity index (χ0) is 27.0. The minimum Gasteiger partial charge on any atom is -0.355 e. The molecule has 0 radical (unpaired) electrons. The normalized spacial score (nSPS) is 13.8. The van der Waals surface area contributed by atoms with Crippen LogP contribution in [-0.4, -0.2) is 45.2 Å². The van der Waals surface area contributed by atoms with Crippen molar-refractivity contribution in [3.05, 3.63) is 59.9 Å². The van der Waals surface area contributed by atoms with Crippen LogP contribution in [0.1, 0.15) is 43.2 Å². The predicted molar refractivity (Wildman–Crippen MR) is 132 cm³/mol. The Morgan fingerprint density at radius 1 is 1.11 bits per heavy atom. The molecular formula is C26H26F3N5O3. The summed E-state index contributed by atoms with van der Waals surface area (Å²) in [5, 5.41) is 5.87. The smallest absolute Gasteiger partial charge is 0.355 e. The van der Waals surface area contributed by atoms with Crippen LogP contribution < -0.4 is 10.6 Å². The number of H-pyrrole nitrogens is 1. The Hall–Kier alpha value is -4.15. The molecule has 2 amide bonds. The fourth-order valence-electron chi connectivity index (χ4n) is 4.09. The summed E-state index contributed by atoms with van der Waals surface area (Å²) in [7, 11) is 0. The second-order valence-corrected chi connectivity index (χ2v) is 9.56. The van der Waals surface area contributed by atoms with Crippen molar-refractivity contribution in [1.29, 1.82) is 0 Å². The molecule has 0 bridgehead atoms. The molecule has 37 heavy (non-hydrogen) atoms. The van der Waals surface area contributed by atoms with Gasteiger partial charge in [-0.2, -0.15) is 13.2 Å². The molecule has 0 spiro atoms. The van der Waals surface area contributed by atoms with Gasteiger partial charge in [0.15, 0.2) is 5.78 Å². The van der Waals surface area contributed by atoms with Crippen molar-refractivity contribution in [3.63, 3.8) is 0 Å². The van der Waals surface area contributed by atoms with Gasteiger partial charge in [0.05, 0.1) is 35.4 Å². The Balaban J connectivity index is 1.73. The standard InChI is InChI=1S/C26H26F3N5O3/c1-15(35)31-20-11-16(9-10-30-20)23-24(32-17-7-5-4-6-8-17)22-18(33-23)13-34(14-19(22)36)21(37)12-25(2,3)26(27,28)29/h4-11,32-33H,12-14H2,1-3H3,(H,30,31,35). The number of carbonyl (C=O) groups excluding carboxylic acids is 3. The van der Waals surface area contributed by atoms with Gasteiger partial charge in [0.1, 0.15) is 5.82 Å². The lowest BCUT2D eigenvalue weighted by atomic mass is 9.87. The molecule has 2 aromatic heterocycles. The maximum atomic E-state index is 13.4. The lowest BCUT2D eigenvalue weighted by molar-refractivity contribution is -0.215. The molecular weight excluding hydrogens is 487 g/mol. The number of carbonyl (C=O) groups is 3. The number of aromatic amines is 1. The molecule has 3 N–H and O–H groups in total. The van der Waals surface area contributed by atoms with Crippen LogP contribution >= 0.6 is 0 Å². The Kier molecular flexibility index (Phi) is 6.81. The minimum atomic E-state index is -4.56. The number of ketones is 1. The quantitative estimate of drug-likeness (QED) is 0.416. The maximum absolute atomic E-state index is 13.4. The Morgan fingerprint density at radius 3 is 2.46 bits per heavy atom. The summed E-state index contributed by atoms with van der Waals surface area (Å²) in [6.45, 7) is 2.89. The van der Waals surface area contributed by atoms with E-state index in [9.17, 15) is 27.6 Å². The summed E-state index contributed by atoms with van der Waals surface area (Å²) >= 11 is 0. The van der Waals surface area contributed by atoms with Crippen molar-refractivity contribution in [2.45, 2.75) is 39.9 Å². The van der Waals surface area contributed by atoms with E-state index in [0.29, 0.717) is 39.7 Å². The van der Waals surface area contributed by atoms with Gasteiger partial charge in [0, 0.05) is 36.5 Å². The van der Waals surface area contributed by atoms with Gasteiger partial charge in [0.2, 0.25) is 11.8 Å². The summed E-state index contributed by atoms with van der Waals surface area (Å²) in [6, 6.07) is 12.5. The third-order valence-electron chi connectivity index (χ3n) is 6.15. The Labute approximate surface area is 211 Å². The van der Waals surface area contributed by atoms with Crippen molar-refractivity contribution in [2.75, 3.05) is 17.2 Å². The summed E-state index contributed by atoms with van der Waals surface area (Å²) in [4.78, 5) is 46.1. The highest BCUT2D eigenvalue weighted by atomic mass is 19.4. The summed E-state index contributed by atoms with van der Waals surface area (Å²) < 4.78 is 40.1. The fraction of sp³-hybridized carbons (Fsp3) is 0.308. The number of pyridine rings is 1. The van der Waals surface area contributed by atoms with Crippen LogP contribution in [0, 0.1) is 5.41 Å². The van der Waals surface area contributed by atoms with Crippen molar-refractivity contribution >= 4 is 34.8 Å². The number of nitrogens with one attached hydrogen (secondary N) is 3. The third-order valence-corrected chi connectivity index (χ3v) is 6.15. The number of fused-ring (bicyclic) bond motifs is 1. The number of hydrogen-bond acceptors (Lipinski definition) is 5. The average Bonchev–Trinajstić information content (AvgIpc) is 3.17. The largest absolute Gasteiger partial charge is 0.394 e. The zero-order valence-corrected chi connectivity index (χ0v) is 20.5. The topological polar surface area (TPSA) is 107 Å². The molecule has 0 fully saturated rings. The van der Waals surface area contributed by atoms with Crippen LogP contribution in [0.2, 0.25) is 0 Å². The summed E-state index contributed by atoms with van der Waals surface area (Å²) in [6.07, 6.45) is -3.83. The lowest BCUT2D eigenvalue weighted by Gasteiger charge is -2.32. The Morgan fingerprint density at radius 2 is 1.81 bits per heavy atom. The molecule has 1 aromatic carbocycles. The molecule has 0 unspecified atom stereocenters. The van der Waals surface area contributed by atoms with Crippen LogP contribution in [0.4, 0.5) is 30.4 Å². The van der Waals surface area contributed by atoms with Gasteiger partial charge in [0.25, 0.3) is 0 Å². The first-order valence-corrected chi connectivity index (χ1v) is 11.5. The number of nitrogens with zero attached hydrogens (tertiary/aromatic N) is 2. The number of alkyl halides is 3. The van der Waals surface area contributed by atoms with Crippen molar-refractivity contribution in [2.24, 2.45) is 5.41 Å². The van der Waals surface area contributed by atoms with Gasteiger partial charge in [-0.05, 0) is 24.3 Å². The molecule has 0 aliphatic carbocycles. The van der Waals surface area contributed by atoms with Gasteiger partial charge >= 0.3 is 6.18 Å². The highest BCUT2D eigenvalue weighted by Gasteiger charge is 2.49. The summed E-state index contributed by atoms with van der Waals surface area (Å²) in [5.41, 5.74) is 0.799. The fourth-order valence-corrected chi connectivity index (χ4v) is 4.09. The molecule has 0 atom stereocenters. The number of aromatic nitrogens is 2. The minimum absolute atomic E-state index is 0.0546. The van der Waals surface area contributed by atoms with E-state index in [0.717, 1.165) is 18.7 Å². The zero-order valence-electron chi connectivity index (χ0n) is 20.5. The van der Waals surface area contributed by atoms with Crippen molar-refractivity contribution in [1.82, 2.24) is 14.9 Å². The number of hydrogen-bond donors (Lipinski definition) is 3. The van der Waals surface area contributed by atoms with Gasteiger partial charge in [-0.3, -0.25) is 14.4 Å². The second kappa shape index (κ2) is 9.72. The average molecular weight is 514 g/mol. The van der Waals surface area contributed by atoms with E-state index in [1.807, 2.05) is 30.3 Å².